The topological polar surface area (TPSA) is 75.3 Å². The average molecular weight is 230 g/mol. The minimum atomic E-state index is -0.109. The lowest BCUT2D eigenvalue weighted by Crippen LogP contribution is -2.38. The van der Waals surface area contributed by atoms with Crippen molar-refractivity contribution in [2.45, 2.75) is 58.5 Å². The lowest BCUT2D eigenvalue weighted by molar-refractivity contribution is -0.122. The average Bonchev–Trinajstić information content (AvgIpc) is 2.15. The molecule has 0 aliphatic carbocycles. The number of carbonyl (C=O) groups excluding carboxylic acids is 1. The van der Waals surface area contributed by atoms with Crippen molar-refractivity contribution in [1.82, 2.24) is 5.32 Å². The van der Waals surface area contributed by atoms with Crippen LogP contribution in [0.15, 0.2) is 0 Å². The molecule has 96 valence electrons. The fourth-order valence-electron chi connectivity index (χ4n) is 1.63. The predicted molar refractivity (Wildman–Crippen MR) is 66.0 cm³/mol. The zero-order valence-corrected chi connectivity index (χ0v) is 10.7. The number of amides is 1. The molecule has 2 unspecified atom stereocenters. The Balaban J connectivity index is 3.74. The zero-order chi connectivity index (χ0) is 12.6. The smallest absolute Gasteiger partial charge is 0.220 e. The lowest BCUT2D eigenvalue weighted by atomic mass is 10.0. The van der Waals surface area contributed by atoms with Crippen molar-refractivity contribution in [3.8, 4) is 0 Å². The van der Waals surface area contributed by atoms with E-state index < -0.39 is 0 Å². The van der Waals surface area contributed by atoms with E-state index in [4.69, 9.17) is 10.8 Å². The van der Waals surface area contributed by atoms with Crippen LogP contribution in [0.1, 0.15) is 46.5 Å². The number of aliphatic hydroxyl groups is 1. The van der Waals surface area contributed by atoms with Crippen LogP contribution in [0.4, 0.5) is 0 Å². The molecule has 0 aromatic carbocycles. The minimum Gasteiger partial charge on any atom is -0.394 e. The van der Waals surface area contributed by atoms with Crippen LogP contribution in [0.25, 0.3) is 0 Å². The Bertz CT molecular complexity index is 193. The first-order valence-corrected chi connectivity index (χ1v) is 6.11. The SMILES string of the molecule is CC(C)CC(CO)NC(=O)CCCC(C)N. The highest BCUT2D eigenvalue weighted by atomic mass is 16.3. The highest BCUT2D eigenvalue weighted by Gasteiger charge is 2.12. The van der Waals surface area contributed by atoms with E-state index >= 15 is 0 Å². The van der Waals surface area contributed by atoms with Gasteiger partial charge in [0.1, 0.15) is 0 Å². The second-order valence-corrected chi connectivity index (χ2v) is 4.95. The Morgan fingerprint density at radius 2 is 2.00 bits per heavy atom. The van der Waals surface area contributed by atoms with Crippen LogP contribution in [-0.4, -0.2) is 29.7 Å². The minimum absolute atomic E-state index is 0.0111. The van der Waals surface area contributed by atoms with Crippen molar-refractivity contribution in [2.24, 2.45) is 11.7 Å². The number of rotatable bonds is 8. The second-order valence-electron chi connectivity index (χ2n) is 4.95. The monoisotopic (exact) mass is 230 g/mol. The maximum absolute atomic E-state index is 11.5. The maximum Gasteiger partial charge on any atom is 0.220 e. The summed E-state index contributed by atoms with van der Waals surface area (Å²) in [5.74, 6) is 0.488. The van der Waals surface area contributed by atoms with E-state index in [1.165, 1.54) is 0 Å². The second kappa shape index (κ2) is 8.53. The molecule has 0 rings (SSSR count). The van der Waals surface area contributed by atoms with Crippen molar-refractivity contribution in [2.75, 3.05) is 6.61 Å². The standard InChI is InChI=1S/C12H26N2O2/c1-9(2)7-11(8-15)14-12(16)6-4-5-10(3)13/h9-11,15H,4-8,13H2,1-3H3,(H,14,16). The van der Waals surface area contributed by atoms with E-state index in [1.54, 1.807) is 0 Å². The van der Waals surface area contributed by atoms with Gasteiger partial charge in [0, 0.05) is 12.5 Å². The summed E-state index contributed by atoms with van der Waals surface area (Å²) in [4.78, 5) is 11.5. The highest BCUT2D eigenvalue weighted by molar-refractivity contribution is 5.76. The lowest BCUT2D eigenvalue weighted by Gasteiger charge is -2.18. The molecule has 4 heteroatoms. The van der Waals surface area contributed by atoms with Crippen molar-refractivity contribution in [3.63, 3.8) is 0 Å². The Morgan fingerprint density at radius 3 is 2.44 bits per heavy atom. The van der Waals surface area contributed by atoms with Crippen LogP contribution in [0, 0.1) is 5.92 Å². The summed E-state index contributed by atoms with van der Waals surface area (Å²) in [6, 6.07) is 0.0416. The van der Waals surface area contributed by atoms with Crippen LogP contribution in [0.5, 0.6) is 0 Å². The molecule has 0 spiro atoms. The third-order valence-corrected chi connectivity index (χ3v) is 2.40. The molecule has 0 fully saturated rings. The summed E-state index contributed by atoms with van der Waals surface area (Å²) < 4.78 is 0. The van der Waals surface area contributed by atoms with Gasteiger partial charge in [-0.25, -0.2) is 0 Å². The van der Waals surface area contributed by atoms with Gasteiger partial charge in [-0.1, -0.05) is 13.8 Å². The van der Waals surface area contributed by atoms with Crippen LogP contribution >= 0.6 is 0 Å². The summed E-state index contributed by atoms with van der Waals surface area (Å²) in [5.41, 5.74) is 5.60. The first-order valence-electron chi connectivity index (χ1n) is 6.11. The number of nitrogens with two attached hydrogens (primary N) is 1. The molecule has 0 aliphatic heterocycles. The molecule has 0 saturated carbocycles. The van der Waals surface area contributed by atoms with Crippen LogP contribution in [0.2, 0.25) is 0 Å². The van der Waals surface area contributed by atoms with E-state index in [2.05, 4.69) is 19.2 Å². The molecule has 0 aromatic heterocycles. The fourth-order valence-corrected chi connectivity index (χ4v) is 1.63. The molecule has 0 aliphatic rings. The molecule has 0 aromatic rings. The molecular weight excluding hydrogens is 204 g/mol. The van der Waals surface area contributed by atoms with Gasteiger partial charge >= 0.3 is 0 Å². The third-order valence-electron chi connectivity index (χ3n) is 2.40. The summed E-state index contributed by atoms with van der Waals surface area (Å²) in [5, 5.41) is 11.9. The zero-order valence-electron chi connectivity index (χ0n) is 10.7. The fraction of sp³-hybridized carbons (Fsp3) is 0.917. The molecule has 16 heavy (non-hydrogen) atoms. The van der Waals surface area contributed by atoms with Crippen molar-refractivity contribution >= 4 is 5.91 Å². The Labute approximate surface area is 98.6 Å². The molecule has 1 amide bonds. The first kappa shape index (κ1) is 15.4. The number of hydrogen-bond acceptors (Lipinski definition) is 3. The Hall–Kier alpha value is -0.610. The maximum atomic E-state index is 11.5. The van der Waals surface area contributed by atoms with E-state index in [0.717, 1.165) is 19.3 Å². The molecule has 2 atom stereocenters. The Kier molecular flexibility index (Phi) is 8.21. The Morgan fingerprint density at radius 1 is 1.38 bits per heavy atom. The van der Waals surface area contributed by atoms with Gasteiger partial charge in [-0.05, 0) is 32.1 Å². The van der Waals surface area contributed by atoms with Crippen LogP contribution < -0.4 is 11.1 Å². The van der Waals surface area contributed by atoms with Gasteiger partial charge in [0.25, 0.3) is 0 Å². The largest absolute Gasteiger partial charge is 0.394 e. The van der Waals surface area contributed by atoms with Crippen molar-refractivity contribution < 1.29 is 9.90 Å². The number of aliphatic hydroxyl groups excluding tert-OH is 1. The van der Waals surface area contributed by atoms with Gasteiger partial charge in [0.05, 0.1) is 12.6 Å². The van der Waals surface area contributed by atoms with Gasteiger partial charge in [-0.3, -0.25) is 4.79 Å². The third kappa shape index (κ3) is 8.68. The van der Waals surface area contributed by atoms with E-state index in [9.17, 15) is 4.79 Å². The summed E-state index contributed by atoms with van der Waals surface area (Å²) in [7, 11) is 0. The molecular formula is C12H26N2O2. The van der Waals surface area contributed by atoms with Crippen molar-refractivity contribution in [1.29, 1.82) is 0 Å². The highest BCUT2D eigenvalue weighted by Crippen LogP contribution is 2.05. The molecule has 4 N–H and O–H groups in total. The summed E-state index contributed by atoms with van der Waals surface area (Å²) in [6.07, 6.45) is 2.98. The van der Waals surface area contributed by atoms with E-state index in [0.29, 0.717) is 12.3 Å². The van der Waals surface area contributed by atoms with Crippen molar-refractivity contribution in [3.05, 3.63) is 0 Å². The molecule has 4 nitrogen and oxygen atoms in total. The predicted octanol–water partition coefficient (Wildman–Crippen LogP) is 1.03. The molecule has 0 radical (unpaired) electrons. The quantitative estimate of drug-likeness (QED) is 0.583. The van der Waals surface area contributed by atoms with E-state index in [-0.39, 0.29) is 24.6 Å². The molecule has 0 heterocycles. The summed E-state index contributed by atoms with van der Waals surface area (Å²) in [6.45, 7) is 6.10. The van der Waals surface area contributed by atoms with Gasteiger partial charge in [-0.15, -0.1) is 0 Å². The molecule has 0 saturated heterocycles. The number of nitrogens with one attached hydrogen (secondary N) is 1. The number of hydrogen-bond donors (Lipinski definition) is 3. The molecule has 0 bridgehead atoms. The first-order chi connectivity index (χ1) is 7.45. The van der Waals surface area contributed by atoms with Gasteiger partial charge in [0.2, 0.25) is 5.91 Å². The normalized spacial score (nSPS) is 14.9. The van der Waals surface area contributed by atoms with E-state index in [1.807, 2.05) is 6.92 Å². The van der Waals surface area contributed by atoms with Gasteiger partial charge in [-0.2, -0.15) is 0 Å². The number of carbonyl (C=O) groups is 1. The summed E-state index contributed by atoms with van der Waals surface area (Å²) >= 11 is 0. The van der Waals surface area contributed by atoms with Gasteiger partial charge in [0.15, 0.2) is 0 Å². The van der Waals surface area contributed by atoms with Crippen LogP contribution in [0.3, 0.4) is 0 Å². The van der Waals surface area contributed by atoms with Crippen LogP contribution in [-0.2, 0) is 4.79 Å². The van der Waals surface area contributed by atoms with Gasteiger partial charge < -0.3 is 16.2 Å².